The maximum atomic E-state index is 12.5. The summed E-state index contributed by atoms with van der Waals surface area (Å²) >= 11 is 3.21. The Labute approximate surface area is 137 Å². The third-order valence-corrected chi connectivity index (χ3v) is 5.17. The predicted molar refractivity (Wildman–Crippen MR) is 87.3 cm³/mol. The van der Waals surface area contributed by atoms with Gasteiger partial charge in [0.2, 0.25) is 0 Å². The maximum absolute atomic E-state index is 12.5. The molecule has 2 aromatic rings. The molecule has 0 spiro atoms. The molecule has 0 aliphatic carbocycles. The summed E-state index contributed by atoms with van der Waals surface area (Å²) in [5.74, 6) is -0.576. The summed E-state index contributed by atoms with van der Waals surface area (Å²) in [6.07, 6.45) is 0. The summed E-state index contributed by atoms with van der Waals surface area (Å²) in [5.41, 5.74) is 0.344. The van der Waals surface area contributed by atoms with Gasteiger partial charge in [-0.3, -0.25) is 4.72 Å². The molecule has 0 bridgehead atoms. The van der Waals surface area contributed by atoms with E-state index in [9.17, 15) is 13.2 Å². The molecule has 0 heterocycles. The molecule has 2 rings (SSSR count). The second-order valence-electron chi connectivity index (χ2n) is 4.30. The van der Waals surface area contributed by atoms with Crippen LogP contribution < -0.4 is 4.72 Å². The van der Waals surface area contributed by atoms with Crippen molar-refractivity contribution >= 4 is 37.6 Å². The van der Waals surface area contributed by atoms with Gasteiger partial charge in [0, 0.05) is 4.47 Å². The van der Waals surface area contributed by atoms with Gasteiger partial charge in [-0.1, -0.05) is 24.3 Å². The number of nitrogens with one attached hydrogen (secondary N) is 1. The van der Waals surface area contributed by atoms with Crippen LogP contribution in [0.2, 0.25) is 0 Å². The van der Waals surface area contributed by atoms with E-state index in [-0.39, 0.29) is 22.8 Å². The van der Waals surface area contributed by atoms with E-state index >= 15 is 0 Å². The number of hydrogen-bond acceptors (Lipinski definition) is 4. The molecule has 1 N–H and O–H groups in total. The van der Waals surface area contributed by atoms with Gasteiger partial charge < -0.3 is 4.74 Å². The first kappa shape index (κ1) is 16.5. The number of benzene rings is 2. The molecule has 0 amide bonds. The SMILES string of the molecule is CCOC(=O)c1ccccc1NS(=O)(=O)c1ccccc1Br. The lowest BCUT2D eigenvalue weighted by Crippen LogP contribution is -2.16. The Morgan fingerprint density at radius 3 is 2.45 bits per heavy atom. The first-order valence-electron chi connectivity index (χ1n) is 6.49. The smallest absolute Gasteiger partial charge is 0.340 e. The Kier molecular flexibility index (Phi) is 5.20. The number of rotatable bonds is 5. The molecule has 7 heteroatoms. The van der Waals surface area contributed by atoms with Crippen LogP contribution in [0.4, 0.5) is 5.69 Å². The average Bonchev–Trinajstić information content (AvgIpc) is 2.48. The number of ether oxygens (including phenoxy) is 1. The minimum Gasteiger partial charge on any atom is -0.462 e. The maximum Gasteiger partial charge on any atom is 0.340 e. The fourth-order valence-electron chi connectivity index (χ4n) is 1.82. The minimum atomic E-state index is -3.82. The third-order valence-electron chi connectivity index (χ3n) is 2.79. The number of anilines is 1. The fourth-order valence-corrected chi connectivity index (χ4v) is 3.91. The molecule has 0 saturated carbocycles. The number of para-hydroxylation sites is 1. The van der Waals surface area contributed by atoms with Gasteiger partial charge in [-0.15, -0.1) is 0 Å². The number of carbonyl (C=O) groups excluding carboxylic acids is 1. The summed E-state index contributed by atoms with van der Waals surface area (Å²) in [7, 11) is -3.82. The van der Waals surface area contributed by atoms with Crippen molar-refractivity contribution in [3.05, 3.63) is 58.6 Å². The van der Waals surface area contributed by atoms with Crippen molar-refractivity contribution in [3.8, 4) is 0 Å². The van der Waals surface area contributed by atoms with E-state index in [2.05, 4.69) is 20.7 Å². The van der Waals surface area contributed by atoms with Crippen molar-refractivity contribution in [2.45, 2.75) is 11.8 Å². The Balaban J connectivity index is 2.39. The fraction of sp³-hybridized carbons (Fsp3) is 0.133. The van der Waals surface area contributed by atoms with Crippen molar-refractivity contribution in [2.24, 2.45) is 0 Å². The largest absolute Gasteiger partial charge is 0.462 e. The van der Waals surface area contributed by atoms with Crippen LogP contribution in [-0.2, 0) is 14.8 Å². The Hall–Kier alpha value is -1.86. The molecule has 0 unspecified atom stereocenters. The normalized spacial score (nSPS) is 11.0. The molecule has 0 fully saturated rings. The van der Waals surface area contributed by atoms with E-state index in [0.717, 1.165) is 0 Å². The summed E-state index contributed by atoms with van der Waals surface area (Å²) < 4.78 is 32.7. The minimum absolute atomic E-state index is 0.0914. The van der Waals surface area contributed by atoms with Gasteiger partial charge in [-0.25, -0.2) is 13.2 Å². The summed E-state index contributed by atoms with van der Waals surface area (Å²) in [5, 5.41) is 0. The van der Waals surface area contributed by atoms with Crippen LogP contribution in [0.15, 0.2) is 57.9 Å². The van der Waals surface area contributed by atoms with Crippen molar-refractivity contribution in [3.63, 3.8) is 0 Å². The van der Waals surface area contributed by atoms with Crippen LogP contribution in [-0.4, -0.2) is 21.0 Å². The van der Waals surface area contributed by atoms with E-state index in [0.29, 0.717) is 4.47 Å². The lowest BCUT2D eigenvalue weighted by Gasteiger charge is -2.12. The van der Waals surface area contributed by atoms with Crippen LogP contribution in [0.5, 0.6) is 0 Å². The molecule has 0 atom stereocenters. The second kappa shape index (κ2) is 6.93. The van der Waals surface area contributed by atoms with E-state index in [1.807, 2.05) is 0 Å². The molecule has 0 aromatic heterocycles. The highest BCUT2D eigenvalue weighted by atomic mass is 79.9. The number of esters is 1. The average molecular weight is 384 g/mol. The number of halogens is 1. The quantitative estimate of drug-likeness (QED) is 0.802. The molecule has 0 saturated heterocycles. The van der Waals surface area contributed by atoms with Gasteiger partial charge in [0.15, 0.2) is 0 Å². The summed E-state index contributed by atoms with van der Waals surface area (Å²) in [6.45, 7) is 1.90. The molecule has 5 nitrogen and oxygen atoms in total. The zero-order valence-corrected chi connectivity index (χ0v) is 14.1. The monoisotopic (exact) mass is 383 g/mol. The molecule has 0 aliphatic heterocycles. The highest BCUT2D eigenvalue weighted by Crippen LogP contribution is 2.25. The van der Waals surface area contributed by atoms with E-state index in [4.69, 9.17) is 4.74 Å². The highest BCUT2D eigenvalue weighted by Gasteiger charge is 2.20. The molecule has 2 aromatic carbocycles. The number of carbonyl (C=O) groups is 1. The molecular formula is C15H14BrNO4S. The zero-order valence-electron chi connectivity index (χ0n) is 11.7. The third kappa shape index (κ3) is 3.66. The van der Waals surface area contributed by atoms with Crippen LogP contribution in [0.25, 0.3) is 0 Å². The van der Waals surface area contributed by atoms with Gasteiger partial charge in [-0.05, 0) is 47.1 Å². The first-order chi connectivity index (χ1) is 10.5. The van der Waals surface area contributed by atoms with Gasteiger partial charge in [0.1, 0.15) is 4.90 Å². The summed E-state index contributed by atoms with van der Waals surface area (Å²) in [6, 6.07) is 12.7. The molecule has 0 radical (unpaired) electrons. The summed E-state index contributed by atoms with van der Waals surface area (Å²) in [4.78, 5) is 12.0. The lowest BCUT2D eigenvalue weighted by molar-refractivity contribution is 0.0527. The Morgan fingerprint density at radius 1 is 1.14 bits per heavy atom. The Bertz CT molecular complexity index is 790. The molecule has 0 aliphatic rings. The van der Waals surface area contributed by atoms with E-state index in [1.54, 1.807) is 37.3 Å². The van der Waals surface area contributed by atoms with Gasteiger partial charge >= 0.3 is 5.97 Å². The van der Waals surface area contributed by atoms with Crippen LogP contribution in [0, 0.1) is 0 Å². The standard InChI is InChI=1S/C15H14BrNO4S/c1-2-21-15(18)11-7-3-5-9-13(11)17-22(19,20)14-10-6-4-8-12(14)16/h3-10,17H,2H2,1H3. The van der Waals surface area contributed by atoms with Crippen molar-refractivity contribution in [1.29, 1.82) is 0 Å². The van der Waals surface area contributed by atoms with Gasteiger partial charge in [0.25, 0.3) is 10.0 Å². The van der Waals surface area contributed by atoms with Crippen LogP contribution in [0.3, 0.4) is 0 Å². The number of hydrogen-bond donors (Lipinski definition) is 1. The van der Waals surface area contributed by atoms with E-state index in [1.165, 1.54) is 18.2 Å². The molecular weight excluding hydrogens is 370 g/mol. The van der Waals surface area contributed by atoms with Crippen molar-refractivity contribution in [1.82, 2.24) is 0 Å². The predicted octanol–water partition coefficient (Wildman–Crippen LogP) is 3.43. The van der Waals surface area contributed by atoms with Gasteiger partial charge in [0.05, 0.1) is 17.9 Å². The topological polar surface area (TPSA) is 72.5 Å². The van der Waals surface area contributed by atoms with Crippen LogP contribution >= 0.6 is 15.9 Å². The first-order valence-corrected chi connectivity index (χ1v) is 8.77. The van der Waals surface area contributed by atoms with Crippen molar-refractivity contribution in [2.75, 3.05) is 11.3 Å². The zero-order chi connectivity index (χ0) is 16.2. The Morgan fingerprint density at radius 2 is 1.77 bits per heavy atom. The lowest BCUT2D eigenvalue weighted by atomic mass is 10.2. The second-order valence-corrected chi connectivity index (χ2v) is 6.81. The van der Waals surface area contributed by atoms with Crippen LogP contribution in [0.1, 0.15) is 17.3 Å². The van der Waals surface area contributed by atoms with Gasteiger partial charge in [-0.2, -0.15) is 0 Å². The van der Waals surface area contributed by atoms with Crippen molar-refractivity contribution < 1.29 is 17.9 Å². The molecule has 116 valence electrons. The molecule has 22 heavy (non-hydrogen) atoms. The number of sulfonamides is 1. The van der Waals surface area contributed by atoms with E-state index < -0.39 is 16.0 Å². The highest BCUT2D eigenvalue weighted by molar-refractivity contribution is 9.10.